The van der Waals surface area contributed by atoms with Gasteiger partial charge >= 0.3 is 0 Å². The lowest BCUT2D eigenvalue weighted by molar-refractivity contribution is -0.111. The zero-order valence-corrected chi connectivity index (χ0v) is 7.32. The van der Waals surface area contributed by atoms with E-state index in [4.69, 9.17) is 0 Å². The molecule has 0 radical (unpaired) electrons. The van der Waals surface area contributed by atoms with Crippen molar-refractivity contribution in [3.8, 4) is 0 Å². The largest absolute Gasteiger partial charge is 0.377 e. The van der Waals surface area contributed by atoms with Crippen molar-refractivity contribution < 1.29 is 4.79 Å². The zero-order valence-electron chi connectivity index (χ0n) is 7.32. The fourth-order valence-electron chi connectivity index (χ4n) is 1.71. The van der Waals surface area contributed by atoms with E-state index in [1.165, 1.54) is 0 Å². The van der Waals surface area contributed by atoms with Crippen LogP contribution in [0.4, 0.5) is 5.69 Å². The first-order valence-electron chi connectivity index (χ1n) is 4.37. The summed E-state index contributed by atoms with van der Waals surface area (Å²) in [4.78, 5) is 11.2. The lowest BCUT2D eigenvalue weighted by Gasteiger charge is -2.11. The maximum atomic E-state index is 11.2. The molecule has 0 bridgehead atoms. The number of nitrogens with one attached hydrogen (secondary N) is 1. The smallest absolute Gasteiger partial charge is 0.175 e. The molecule has 1 aromatic rings. The molecule has 0 atom stereocenters. The number of anilines is 1. The van der Waals surface area contributed by atoms with E-state index >= 15 is 0 Å². The van der Waals surface area contributed by atoms with Gasteiger partial charge in [0.05, 0.1) is 23.8 Å². The van der Waals surface area contributed by atoms with Gasteiger partial charge < -0.3 is 5.32 Å². The van der Waals surface area contributed by atoms with Gasteiger partial charge in [-0.3, -0.25) is 4.79 Å². The molecule has 68 valence electrons. The van der Waals surface area contributed by atoms with Gasteiger partial charge in [0, 0.05) is 10.8 Å². The summed E-state index contributed by atoms with van der Waals surface area (Å²) in [7, 11) is 0. The molecule has 2 heterocycles. The molecule has 4 nitrogen and oxygen atoms in total. The number of carbonyl (C=O) groups is 1. The van der Waals surface area contributed by atoms with Gasteiger partial charge in [-0.05, 0) is 12.1 Å². The summed E-state index contributed by atoms with van der Waals surface area (Å²) in [5.41, 5.74) is 1.94. The van der Waals surface area contributed by atoms with Gasteiger partial charge in [-0.15, -0.1) is 0 Å². The number of Topliss-reactive ketones (excluding diaryl/α,β-unsaturated/α-hetero) is 1. The van der Waals surface area contributed by atoms with Gasteiger partial charge in [0.25, 0.3) is 0 Å². The highest BCUT2D eigenvalue weighted by atomic mass is 16.1. The number of carbonyl (C=O) groups excluding carboxylic acids is 1. The van der Waals surface area contributed by atoms with E-state index in [-0.39, 0.29) is 5.78 Å². The SMILES string of the molecule is O=C1C=c2ccc3c(c2NC1)C=NN=3. The monoisotopic (exact) mass is 185 g/mol. The molecule has 2 aliphatic rings. The molecule has 0 spiro atoms. The molecule has 0 fully saturated rings. The molecule has 14 heavy (non-hydrogen) atoms. The molecule has 3 rings (SSSR count). The molecule has 0 saturated heterocycles. The minimum atomic E-state index is 0.101. The second-order valence-corrected chi connectivity index (χ2v) is 3.27. The van der Waals surface area contributed by atoms with Gasteiger partial charge in [0.1, 0.15) is 0 Å². The quantitative estimate of drug-likeness (QED) is 0.588. The average molecular weight is 185 g/mol. The Morgan fingerprint density at radius 3 is 3.21 bits per heavy atom. The van der Waals surface area contributed by atoms with Crippen molar-refractivity contribution in [1.82, 2.24) is 0 Å². The number of fused-ring (bicyclic) bond motifs is 3. The fraction of sp³-hybridized carbons (Fsp3) is 0.100. The van der Waals surface area contributed by atoms with Crippen LogP contribution in [-0.2, 0) is 4.79 Å². The number of nitrogens with zero attached hydrogens (tertiary/aromatic N) is 2. The first-order chi connectivity index (χ1) is 6.84. The summed E-state index contributed by atoms with van der Waals surface area (Å²) in [6.45, 7) is 0.358. The van der Waals surface area contributed by atoms with Gasteiger partial charge in [0.2, 0.25) is 0 Å². The minimum Gasteiger partial charge on any atom is -0.377 e. The van der Waals surface area contributed by atoms with Crippen LogP contribution in [0.5, 0.6) is 0 Å². The highest BCUT2D eigenvalue weighted by Crippen LogP contribution is 2.08. The maximum absolute atomic E-state index is 11.2. The highest BCUT2D eigenvalue weighted by molar-refractivity contribution is 6.11. The van der Waals surface area contributed by atoms with Gasteiger partial charge in [-0.1, -0.05) is 6.07 Å². The Kier molecular flexibility index (Phi) is 1.33. The van der Waals surface area contributed by atoms with Crippen LogP contribution in [0, 0.1) is 0 Å². The van der Waals surface area contributed by atoms with E-state index < -0.39 is 0 Å². The highest BCUT2D eigenvalue weighted by Gasteiger charge is 2.13. The molecular formula is C10H7N3O. The molecule has 0 amide bonds. The standard InChI is InChI=1S/C10H7N3O/c14-7-3-6-1-2-9-8(5-12-13-9)10(6)11-4-7/h1-3,5,11H,4H2. The van der Waals surface area contributed by atoms with E-state index in [0.29, 0.717) is 6.54 Å². The number of hydrogen-bond acceptors (Lipinski definition) is 4. The first-order valence-corrected chi connectivity index (χ1v) is 4.37. The van der Waals surface area contributed by atoms with Crippen molar-refractivity contribution in [2.75, 3.05) is 11.9 Å². The van der Waals surface area contributed by atoms with Gasteiger partial charge in [-0.25, -0.2) is 0 Å². The number of hydrogen-bond donors (Lipinski definition) is 1. The second-order valence-electron chi connectivity index (χ2n) is 3.27. The molecule has 1 aromatic carbocycles. The summed E-state index contributed by atoms with van der Waals surface area (Å²) in [5.74, 6) is 0.101. The molecule has 0 aliphatic carbocycles. The van der Waals surface area contributed by atoms with Gasteiger partial charge in [-0.2, -0.15) is 10.2 Å². The molecule has 0 aromatic heterocycles. The number of rotatable bonds is 0. The van der Waals surface area contributed by atoms with E-state index in [9.17, 15) is 4.79 Å². The van der Waals surface area contributed by atoms with E-state index in [1.807, 2.05) is 12.1 Å². The van der Waals surface area contributed by atoms with E-state index in [2.05, 4.69) is 15.5 Å². The van der Waals surface area contributed by atoms with Crippen LogP contribution in [0.1, 0.15) is 5.56 Å². The summed E-state index contributed by atoms with van der Waals surface area (Å²) in [6.07, 6.45) is 3.36. The third-order valence-electron chi connectivity index (χ3n) is 2.36. The molecule has 0 unspecified atom stereocenters. The minimum absolute atomic E-state index is 0.101. The number of ketones is 1. The lowest BCUT2D eigenvalue weighted by atomic mass is 10.1. The van der Waals surface area contributed by atoms with Crippen molar-refractivity contribution >= 4 is 23.8 Å². The molecular weight excluding hydrogens is 178 g/mol. The van der Waals surface area contributed by atoms with Crippen LogP contribution in [0.3, 0.4) is 0 Å². The Bertz CT molecular complexity index is 572. The predicted octanol–water partition coefficient (Wildman–Crippen LogP) is -0.571. The van der Waals surface area contributed by atoms with Crippen molar-refractivity contribution in [3.63, 3.8) is 0 Å². The summed E-state index contributed by atoms with van der Waals surface area (Å²) in [5, 5.41) is 12.7. The van der Waals surface area contributed by atoms with Crippen molar-refractivity contribution in [1.29, 1.82) is 0 Å². The van der Waals surface area contributed by atoms with Crippen molar-refractivity contribution in [2.24, 2.45) is 10.2 Å². The van der Waals surface area contributed by atoms with Crippen molar-refractivity contribution in [2.45, 2.75) is 0 Å². The summed E-state index contributed by atoms with van der Waals surface area (Å²) < 4.78 is 0. The van der Waals surface area contributed by atoms with Crippen LogP contribution in [0.2, 0.25) is 0 Å². The second kappa shape index (κ2) is 2.51. The Balaban J connectivity index is 2.41. The third-order valence-corrected chi connectivity index (χ3v) is 2.36. The topological polar surface area (TPSA) is 53.8 Å². The van der Waals surface area contributed by atoms with Crippen molar-refractivity contribution in [3.05, 3.63) is 28.3 Å². The van der Waals surface area contributed by atoms with E-state index in [0.717, 1.165) is 21.8 Å². The maximum Gasteiger partial charge on any atom is 0.175 e. The summed E-state index contributed by atoms with van der Waals surface area (Å²) in [6, 6.07) is 3.76. The van der Waals surface area contributed by atoms with E-state index in [1.54, 1.807) is 12.3 Å². The molecule has 4 heteroatoms. The number of benzene rings is 1. The average Bonchev–Trinajstić information content (AvgIpc) is 2.65. The van der Waals surface area contributed by atoms with Crippen LogP contribution >= 0.6 is 0 Å². The lowest BCUT2D eigenvalue weighted by Crippen LogP contribution is -2.28. The molecule has 1 N–H and O–H groups in total. The van der Waals surface area contributed by atoms with Crippen LogP contribution in [0.15, 0.2) is 22.3 Å². The summed E-state index contributed by atoms with van der Waals surface area (Å²) >= 11 is 0. The van der Waals surface area contributed by atoms with Crippen LogP contribution in [0.25, 0.3) is 6.08 Å². The van der Waals surface area contributed by atoms with Gasteiger partial charge in [0.15, 0.2) is 5.78 Å². The predicted molar refractivity (Wildman–Crippen MR) is 52.8 cm³/mol. The Hall–Kier alpha value is -1.97. The van der Waals surface area contributed by atoms with Crippen LogP contribution < -0.4 is 15.9 Å². The molecule has 2 aliphatic heterocycles. The third kappa shape index (κ3) is 0.907. The molecule has 0 saturated carbocycles. The Morgan fingerprint density at radius 1 is 1.36 bits per heavy atom. The Morgan fingerprint density at radius 2 is 2.29 bits per heavy atom. The Labute approximate surface area is 79.7 Å². The zero-order chi connectivity index (χ0) is 9.54. The fourth-order valence-corrected chi connectivity index (χ4v) is 1.71. The van der Waals surface area contributed by atoms with Crippen LogP contribution in [-0.4, -0.2) is 18.5 Å². The normalized spacial score (nSPS) is 16.4. The first kappa shape index (κ1) is 7.44.